The summed E-state index contributed by atoms with van der Waals surface area (Å²) in [5, 5.41) is 10.9. The molecule has 1 fully saturated rings. The highest BCUT2D eigenvalue weighted by atomic mass is 16.6. The quantitative estimate of drug-likeness (QED) is 0.632. The van der Waals surface area contributed by atoms with Crippen LogP contribution in [0.5, 0.6) is 0 Å². The predicted octanol–water partition coefficient (Wildman–Crippen LogP) is 2.49. The lowest BCUT2D eigenvalue weighted by Gasteiger charge is -2.17. The van der Waals surface area contributed by atoms with Gasteiger partial charge in [0.05, 0.1) is 23.7 Å². The van der Waals surface area contributed by atoms with Gasteiger partial charge in [-0.25, -0.2) is 0 Å². The van der Waals surface area contributed by atoms with Crippen molar-refractivity contribution in [1.29, 1.82) is 0 Å². The van der Waals surface area contributed by atoms with Crippen molar-refractivity contribution in [2.24, 2.45) is 17.6 Å². The van der Waals surface area contributed by atoms with Crippen LogP contribution in [0.1, 0.15) is 24.8 Å². The number of hydrogen-bond acceptors (Lipinski definition) is 4. The van der Waals surface area contributed by atoms with Crippen molar-refractivity contribution in [2.75, 3.05) is 13.2 Å². The van der Waals surface area contributed by atoms with E-state index in [2.05, 4.69) is 0 Å². The van der Waals surface area contributed by atoms with E-state index in [1.54, 1.807) is 18.2 Å². The van der Waals surface area contributed by atoms with E-state index in [9.17, 15) is 10.1 Å². The molecule has 0 spiro atoms. The lowest BCUT2D eigenvalue weighted by atomic mass is 9.97. The van der Waals surface area contributed by atoms with Crippen molar-refractivity contribution in [2.45, 2.75) is 25.9 Å². The molecule has 1 aromatic carbocycles. The highest BCUT2D eigenvalue weighted by molar-refractivity contribution is 5.39. The number of nitrogens with zero attached hydrogens (tertiary/aromatic N) is 1. The number of nitro groups is 1. The normalized spacial score (nSPS) is 22.6. The fourth-order valence-electron chi connectivity index (χ4n) is 2.77. The van der Waals surface area contributed by atoms with E-state index in [4.69, 9.17) is 10.5 Å². The molecule has 1 aliphatic rings. The van der Waals surface area contributed by atoms with Crippen LogP contribution in [0.15, 0.2) is 24.3 Å². The minimum absolute atomic E-state index is 0.129. The summed E-state index contributed by atoms with van der Waals surface area (Å²) in [5.74, 6) is 1.05. The zero-order valence-electron chi connectivity index (χ0n) is 11.0. The number of rotatable bonds is 6. The third-order valence-electron chi connectivity index (χ3n) is 3.90. The lowest BCUT2D eigenvalue weighted by molar-refractivity contribution is -0.386. The number of nitro benzene ring substituents is 1. The Kier molecular flexibility index (Phi) is 4.87. The summed E-state index contributed by atoms with van der Waals surface area (Å²) in [6.45, 7) is 1.65. The number of nitrogens with two attached hydrogens (primary N) is 1. The van der Waals surface area contributed by atoms with Crippen LogP contribution < -0.4 is 5.73 Å². The van der Waals surface area contributed by atoms with Gasteiger partial charge in [-0.2, -0.15) is 0 Å². The number of para-hydroxylation sites is 1. The largest absolute Gasteiger partial charge is 0.376 e. The summed E-state index contributed by atoms with van der Waals surface area (Å²) in [7, 11) is 0. The molecule has 0 heterocycles. The number of ether oxygens (including phenoxy) is 1. The molecule has 5 heteroatoms. The topological polar surface area (TPSA) is 78.4 Å². The molecule has 1 aliphatic carbocycles. The lowest BCUT2D eigenvalue weighted by Crippen LogP contribution is -2.22. The van der Waals surface area contributed by atoms with Gasteiger partial charge in [-0.15, -0.1) is 0 Å². The molecule has 0 radical (unpaired) electrons. The molecule has 0 aliphatic heterocycles. The van der Waals surface area contributed by atoms with Gasteiger partial charge in [0.2, 0.25) is 0 Å². The first-order valence-electron chi connectivity index (χ1n) is 6.72. The number of benzene rings is 1. The summed E-state index contributed by atoms with van der Waals surface area (Å²) in [4.78, 5) is 10.5. The van der Waals surface area contributed by atoms with Crippen LogP contribution in [-0.2, 0) is 11.3 Å². The zero-order valence-corrected chi connectivity index (χ0v) is 11.0. The van der Waals surface area contributed by atoms with Gasteiger partial charge >= 0.3 is 0 Å². The Balaban J connectivity index is 1.87. The van der Waals surface area contributed by atoms with Gasteiger partial charge in [0.25, 0.3) is 5.69 Å². The highest BCUT2D eigenvalue weighted by Crippen LogP contribution is 2.31. The Bertz CT molecular complexity index is 436. The first-order chi connectivity index (χ1) is 9.22. The third kappa shape index (κ3) is 3.52. The van der Waals surface area contributed by atoms with Gasteiger partial charge in [0, 0.05) is 6.07 Å². The van der Waals surface area contributed by atoms with E-state index >= 15 is 0 Å². The van der Waals surface area contributed by atoms with Gasteiger partial charge in [-0.05, 0) is 37.3 Å². The van der Waals surface area contributed by atoms with Crippen molar-refractivity contribution >= 4 is 5.69 Å². The molecule has 2 rings (SSSR count). The average molecular weight is 264 g/mol. The third-order valence-corrected chi connectivity index (χ3v) is 3.90. The van der Waals surface area contributed by atoms with Crippen LogP contribution >= 0.6 is 0 Å². The number of hydrogen-bond donors (Lipinski definition) is 1. The van der Waals surface area contributed by atoms with Crippen molar-refractivity contribution in [3.8, 4) is 0 Å². The molecule has 0 bridgehead atoms. The monoisotopic (exact) mass is 264 g/mol. The van der Waals surface area contributed by atoms with Gasteiger partial charge in [-0.1, -0.05) is 18.6 Å². The molecular weight excluding hydrogens is 244 g/mol. The molecular formula is C14H20N2O3. The van der Waals surface area contributed by atoms with Gasteiger partial charge < -0.3 is 10.5 Å². The van der Waals surface area contributed by atoms with Crippen LogP contribution in [-0.4, -0.2) is 18.1 Å². The Labute approximate surface area is 112 Å². The van der Waals surface area contributed by atoms with Crippen LogP contribution in [0.4, 0.5) is 5.69 Å². The summed E-state index contributed by atoms with van der Waals surface area (Å²) in [6, 6.07) is 6.72. The fraction of sp³-hybridized carbons (Fsp3) is 0.571. The maximum atomic E-state index is 10.9. The van der Waals surface area contributed by atoms with E-state index in [1.807, 2.05) is 0 Å². The Morgan fingerprint density at radius 1 is 1.32 bits per heavy atom. The molecule has 2 atom stereocenters. The first kappa shape index (κ1) is 14.0. The van der Waals surface area contributed by atoms with Gasteiger partial charge in [0.1, 0.15) is 0 Å². The minimum atomic E-state index is -0.364. The van der Waals surface area contributed by atoms with E-state index in [0.717, 1.165) is 6.42 Å². The van der Waals surface area contributed by atoms with Crippen LogP contribution in [0.3, 0.4) is 0 Å². The highest BCUT2D eigenvalue weighted by Gasteiger charge is 2.26. The van der Waals surface area contributed by atoms with Crippen LogP contribution in [0.2, 0.25) is 0 Å². The van der Waals surface area contributed by atoms with Gasteiger partial charge in [0.15, 0.2) is 0 Å². The summed E-state index contributed by atoms with van der Waals surface area (Å²) < 4.78 is 5.67. The molecule has 5 nitrogen and oxygen atoms in total. The first-order valence-corrected chi connectivity index (χ1v) is 6.72. The molecule has 2 unspecified atom stereocenters. The minimum Gasteiger partial charge on any atom is -0.376 e. The summed E-state index contributed by atoms with van der Waals surface area (Å²) in [5.41, 5.74) is 6.49. The van der Waals surface area contributed by atoms with E-state index in [-0.39, 0.29) is 10.6 Å². The molecule has 1 aromatic rings. The van der Waals surface area contributed by atoms with E-state index < -0.39 is 0 Å². The van der Waals surface area contributed by atoms with Crippen molar-refractivity contribution in [3.63, 3.8) is 0 Å². The average Bonchev–Trinajstić information content (AvgIpc) is 2.86. The van der Waals surface area contributed by atoms with Crippen molar-refractivity contribution in [1.82, 2.24) is 0 Å². The molecule has 0 saturated heterocycles. The van der Waals surface area contributed by atoms with Crippen LogP contribution in [0, 0.1) is 22.0 Å². The molecule has 104 valence electrons. The molecule has 2 N–H and O–H groups in total. The maximum Gasteiger partial charge on any atom is 0.274 e. The Hall–Kier alpha value is -1.46. The summed E-state index contributed by atoms with van der Waals surface area (Å²) >= 11 is 0. The molecule has 19 heavy (non-hydrogen) atoms. The second kappa shape index (κ2) is 6.63. The Morgan fingerprint density at radius 2 is 2.05 bits per heavy atom. The second-order valence-corrected chi connectivity index (χ2v) is 5.09. The van der Waals surface area contributed by atoms with Crippen LogP contribution in [0.25, 0.3) is 0 Å². The SMILES string of the molecule is NCC1CCCC1COCc1ccccc1[N+](=O)[O-]. The van der Waals surface area contributed by atoms with Crippen molar-refractivity contribution in [3.05, 3.63) is 39.9 Å². The second-order valence-electron chi connectivity index (χ2n) is 5.09. The fourth-order valence-corrected chi connectivity index (χ4v) is 2.77. The summed E-state index contributed by atoms with van der Waals surface area (Å²) in [6.07, 6.45) is 3.54. The predicted molar refractivity (Wildman–Crippen MR) is 72.6 cm³/mol. The molecule has 0 aromatic heterocycles. The van der Waals surface area contributed by atoms with Gasteiger partial charge in [-0.3, -0.25) is 10.1 Å². The molecule has 0 amide bonds. The molecule has 1 saturated carbocycles. The zero-order chi connectivity index (χ0) is 13.7. The maximum absolute atomic E-state index is 10.9. The Morgan fingerprint density at radius 3 is 2.79 bits per heavy atom. The van der Waals surface area contributed by atoms with E-state index in [1.165, 1.54) is 18.9 Å². The smallest absolute Gasteiger partial charge is 0.274 e. The van der Waals surface area contributed by atoms with E-state index in [0.29, 0.717) is 37.2 Å². The standard InChI is InChI=1S/C14H20N2O3/c15-8-11-5-3-6-12(11)9-19-10-13-4-1-2-7-14(13)16(17)18/h1-2,4,7,11-12H,3,5-6,8-10,15H2. The van der Waals surface area contributed by atoms with Crippen molar-refractivity contribution < 1.29 is 9.66 Å².